The summed E-state index contributed by atoms with van der Waals surface area (Å²) in [5.74, 6) is 0.518. The van der Waals surface area contributed by atoms with Gasteiger partial charge in [0.25, 0.3) is 0 Å². The van der Waals surface area contributed by atoms with Gasteiger partial charge in [-0.2, -0.15) is 10.2 Å². The van der Waals surface area contributed by atoms with Gasteiger partial charge < -0.3 is 0 Å². The summed E-state index contributed by atoms with van der Waals surface area (Å²) >= 11 is 6.41. The van der Waals surface area contributed by atoms with Crippen LogP contribution in [0.3, 0.4) is 0 Å². The third-order valence-electron chi connectivity index (χ3n) is 5.65. The first-order valence-corrected chi connectivity index (χ1v) is 9.91. The van der Waals surface area contributed by atoms with Crippen molar-refractivity contribution in [2.45, 2.75) is 39.2 Å². The highest BCUT2D eigenvalue weighted by Crippen LogP contribution is 2.34. The Morgan fingerprint density at radius 3 is 2.67 bits per heavy atom. The molecule has 1 saturated heterocycles. The Kier molecular flexibility index (Phi) is 5.06. The lowest BCUT2D eigenvalue weighted by Crippen LogP contribution is -2.32. The number of nitrogens with zero attached hydrogens (tertiary/aromatic N) is 4. The van der Waals surface area contributed by atoms with Crippen LogP contribution in [0.4, 0.5) is 0 Å². The maximum absolute atomic E-state index is 6.41. The van der Waals surface area contributed by atoms with Crippen LogP contribution < -0.4 is 0 Å². The zero-order chi connectivity index (χ0) is 19.0. The van der Waals surface area contributed by atoms with Gasteiger partial charge in [0.1, 0.15) is 5.15 Å². The number of hydrogen-bond donors (Lipinski definition) is 1. The van der Waals surface area contributed by atoms with Crippen LogP contribution in [0.2, 0.25) is 5.15 Å². The van der Waals surface area contributed by atoms with Crippen LogP contribution in [0.15, 0.2) is 30.5 Å². The molecule has 0 bridgehead atoms. The molecule has 0 unspecified atom stereocenters. The fraction of sp³-hybridized carbons (Fsp3) is 0.429. The first kappa shape index (κ1) is 18.3. The molecule has 1 N–H and O–H groups in total. The molecule has 142 valence electrons. The molecule has 4 rings (SSSR count). The van der Waals surface area contributed by atoms with E-state index in [4.69, 9.17) is 11.6 Å². The lowest BCUT2D eigenvalue weighted by molar-refractivity contribution is 0.203. The second-order valence-corrected chi connectivity index (χ2v) is 7.95. The number of H-pyrrole nitrogens is 1. The van der Waals surface area contributed by atoms with Crippen molar-refractivity contribution in [3.05, 3.63) is 58.1 Å². The molecule has 0 saturated carbocycles. The van der Waals surface area contributed by atoms with E-state index in [0.717, 1.165) is 48.9 Å². The van der Waals surface area contributed by atoms with Crippen molar-refractivity contribution in [1.82, 2.24) is 24.9 Å². The molecular weight excluding hydrogens is 358 g/mol. The van der Waals surface area contributed by atoms with E-state index < -0.39 is 0 Å². The van der Waals surface area contributed by atoms with Gasteiger partial charge in [-0.15, -0.1) is 0 Å². The monoisotopic (exact) mass is 383 g/mol. The smallest absolute Gasteiger partial charge is 0.131 e. The van der Waals surface area contributed by atoms with E-state index in [1.807, 2.05) is 20.2 Å². The Balaban J connectivity index is 1.45. The average molecular weight is 384 g/mol. The Morgan fingerprint density at radius 2 is 2.00 bits per heavy atom. The Labute approximate surface area is 165 Å². The SMILES string of the molecule is Cc1cccc(-c2cn[nH]c2C2CCN(Cc3c(C)nn(C)c3Cl)CC2)c1. The fourth-order valence-electron chi connectivity index (χ4n) is 4.11. The summed E-state index contributed by atoms with van der Waals surface area (Å²) in [6.45, 7) is 7.15. The maximum atomic E-state index is 6.41. The van der Waals surface area contributed by atoms with Crippen molar-refractivity contribution in [3.63, 3.8) is 0 Å². The van der Waals surface area contributed by atoms with Crippen LogP contribution in [0, 0.1) is 13.8 Å². The number of rotatable bonds is 4. The molecule has 1 aliphatic rings. The summed E-state index contributed by atoms with van der Waals surface area (Å²) in [5, 5.41) is 12.8. The standard InChI is InChI=1S/C21H26ClN5/c1-14-5-4-6-17(11-14)18-12-23-24-20(18)16-7-9-27(10-8-16)13-19-15(2)25-26(3)21(19)22/h4-6,11-12,16H,7-10,13H2,1-3H3,(H,23,24). The highest BCUT2D eigenvalue weighted by atomic mass is 35.5. The number of aromatic nitrogens is 4. The van der Waals surface area contributed by atoms with E-state index in [1.54, 1.807) is 4.68 Å². The summed E-state index contributed by atoms with van der Waals surface area (Å²) in [6, 6.07) is 8.65. The van der Waals surface area contributed by atoms with E-state index >= 15 is 0 Å². The van der Waals surface area contributed by atoms with Gasteiger partial charge in [-0.05, 0) is 45.3 Å². The van der Waals surface area contributed by atoms with E-state index in [9.17, 15) is 0 Å². The fourth-order valence-corrected chi connectivity index (χ4v) is 4.34. The normalized spacial score (nSPS) is 16.1. The van der Waals surface area contributed by atoms with Crippen LogP contribution in [-0.4, -0.2) is 38.0 Å². The van der Waals surface area contributed by atoms with Crippen LogP contribution in [0.5, 0.6) is 0 Å². The predicted octanol–water partition coefficient (Wildman–Crippen LogP) is 4.46. The molecule has 0 spiro atoms. The largest absolute Gasteiger partial charge is 0.299 e. The molecule has 1 aromatic carbocycles. The van der Waals surface area contributed by atoms with Crippen LogP contribution in [-0.2, 0) is 13.6 Å². The van der Waals surface area contributed by atoms with Gasteiger partial charge in [0.2, 0.25) is 0 Å². The predicted molar refractivity (Wildman–Crippen MR) is 109 cm³/mol. The third kappa shape index (κ3) is 3.66. The molecule has 6 heteroatoms. The molecule has 27 heavy (non-hydrogen) atoms. The molecule has 0 radical (unpaired) electrons. The number of hydrogen-bond acceptors (Lipinski definition) is 3. The van der Waals surface area contributed by atoms with Crippen molar-refractivity contribution >= 4 is 11.6 Å². The molecule has 1 fully saturated rings. The molecule has 3 heterocycles. The van der Waals surface area contributed by atoms with E-state index in [0.29, 0.717) is 5.92 Å². The second kappa shape index (κ2) is 7.49. The number of nitrogens with one attached hydrogen (secondary N) is 1. The number of halogens is 1. The first-order chi connectivity index (χ1) is 13.0. The zero-order valence-corrected chi connectivity index (χ0v) is 16.9. The molecular formula is C21H26ClN5. The van der Waals surface area contributed by atoms with E-state index in [1.165, 1.54) is 22.4 Å². The first-order valence-electron chi connectivity index (χ1n) is 9.53. The lowest BCUT2D eigenvalue weighted by atomic mass is 9.89. The average Bonchev–Trinajstić information content (AvgIpc) is 3.23. The maximum Gasteiger partial charge on any atom is 0.131 e. The highest BCUT2D eigenvalue weighted by Gasteiger charge is 2.25. The molecule has 3 aromatic rings. The minimum Gasteiger partial charge on any atom is -0.299 e. The van der Waals surface area contributed by atoms with Gasteiger partial charge in [0.05, 0.1) is 11.9 Å². The van der Waals surface area contributed by atoms with Crippen LogP contribution >= 0.6 is 11.6 Å². The summed E-state index contributed by atoms with van der Waals surface area (Å²) in [6.07, 6.45) is 4.21. The summed E-state index contributed by atoms with van der Waals surface area (Å²) in [5.41, 5.74) is 7.22. The minimum absolute atomic E-state index is 0.518. The number of benzene rings is 1. The van der Waals surface area contributed by atoms with Gasteiger partial charge in [-0.3, -0.25) is 14.7 Å². The number of likely N-dealkylation sites (tertiary alicyclic amines) is 1. The summed E-state index contributed by atoms with van der Waals surface area (Å²) < 4.78 is 1.76. The van der Waals surface area contributed by atoms with Crippen molar-refractivity contribution in [1.29, 1.82) is 0 Å². The Bertz CT molecular complexity index is 934. The van der Waals surface area contributed by atoms with Crippen molar-refractivity contribution in [2.75, 3.05) is 13.1 Å². The Morgan fingerprint density at radius 1 is 1.22 bits per heavy atom. The lowest BCUT2D eigenvalue weighted by Gasteiger charge is -2.32. The summed E-state index contributed by atoms with van der Waals surface area (Å²) in [4.78, 5) is 2.48. The number of aromatic amines is 1. The van der Waals surface area contributed by atoms with Crippen LogP contribution in [0.25, 0.3) is 11.1 Å². The highest BCUT2D eigenvalue weighted by molar-refractivity contribution is 6.30. The second-order valence-electron chi connectivity index (χ2n) is 7.60. The molecule has 0 amide bonds. The van der Waals surface area contributed by atoms with Gasteiger partial charge in [0, 0.05) is 36.3 Å². The minimum atomic E-state index is 0.518. The van der Waals surface area contributed by atoms with E-state index in [2.05, 4.69) is 51.4 Å². The molecule has 2 aromatic heterocycles. The van der Waals surface area contributed by atoms with Gasteiger partial charge in [-0.1, -0.05) is 41.4 Å². The summed E-state index contributed by atoms with van der Waals surface area (Å²) in [7, 11) is 1.90. The van der Waals surface area contributed by atoms with Crippen molar-refractivity contribution < 1.29 is 0 Å². The quantitative estimate of drug-likeness (QED) is 0.723. The zero-order valence-electron chi connectivity index (χ0n) is 16.2. The molecule has 5 nitrogen and oxygen atoms in total. The molecule has 1 aliphatic heterocycles. The van der Waals surface area contributed by atoms with E-state index in [-0.39, 0.29) is 0 Å². The topological polar surface area (TPSA) is 49.7 Å². The van der Waals surface area contributed by atoms with Gasteiger partial charge in [0.15, 0.2) is 0 Å². The molecule has 0 aliphatic carbocycles. The number of piperidine rings is 1. The van der Waals surface area contributed by atoms with Crippen molar-refractivity contribution in [3.8, 4) is 11.1 Å². The van der Waals surface area contributed by atoms with Crippen molar-refractivity contribution in [2.24, 2.45) is 7.05 Å². The van der Waals surface area contributed by atoms with Gasteiger partial charge in [-0.25, -0.2) is 0 Å². The Hall–Kier alpha value is -2.11. The number of aryl methyl sites for hydroxylation is 3. The van der Waals surface area contributed by atoms with Crippen LogP contribution in [0.1, 0.15) is 41.3 Å². The van der Waals surface area contributed by atoms with Gasteiger partial charge >= 0.3 is 0 Å². The molecule has 0 atom stereocenters. The third-order valence-corrected chi connectivity index (χ3v) is 6.12.